The molecular weight excluding hydrogens is 284 g/mol. The highest BCUT2D eigenvalue weighted by atomic mass is 28.4. The molecule has 0 spiro atoms. The molecule has 0 saturated heterocycles. The lowest BCUT2D eigenvalue weighted by molar-refractivity contribution is -0.0272. The molecule has 5 heteroatoms. The predicted molar refractivity (Wildman–Crippen MR) is 88.8 cm³/mol. The Labute approximate surface area is 132 Å². The maximum Gasteiger partial charge on any atom is 0.674 e. The Morgan fingerprint density at radius 3 is 1.43 bits per heavy atom. The van der Waals surface area contributed by atoms with Crippen LogP contribution in [0, 0.1) is 0 Å². The van der Waals surface area contributed by atoms with Crippen molar-refractivity contribution in [1.82, 2.24) is 0 Å². The van der Waals surface area contributed by atoms with Crippen molar-refractivity contribution in [2.75, 3.05) is 0 Å². The van der Waals surface area contributed by atoms with E-state index in [1.807, 2.05) is 13.8 Å². The summed E-state index contributed by atoms with van der Waals surface area (Å²) in [6, 6.07) is 0. The van der Waals surface area contributed by atoms with Gasteiger partial charge >= 0.3 is 9.05 Å². The molecule has 0 radical (unpaired) electrons. The Bertz CT molecular complexity index is 214. The molecule has 0 amide bonds. The Morgan fingerprint density at radius 2 is 1.10 bits per heavy atom. The third-order valence-electron chi connectivity index (χ3n) is 3.64. The van der Waals surface area contributed by atoms with E-state index in [2.05, 4.69) is 13.8 Å². The normalized spacial score (nSPS) is 15.1. The van der Waals surface area contributed by atoms with Crippen molar-refractivity contribution in [3.8, 4) is 0 Å². The predicted octanol–water partition coefficient (Wildman–Crippen LogP) is 4.16. The van der Waals surface area contributed by atoms with Crippen molar-refractivity contribution in [2.24, 2.45) is 0 Å². The molecule has 0 aromatic carbocycles. The molecule has 0 bridgehead atoms. The smallest absolute Gasteiger partial charge is 0.367 e. The molecule has 0 aromatic heterocycles. The third kappa shape index (κ3) is 13.4. The first-order chi connectivity index (χ1) is 9.91. The van der Waals surface area contributed by atoms with Crippen LogP contribution in [-0.4, -0.2) is 30.8 Å². The highest BCUT2D eigenvalue weighted by molar-refractivity contribution is 6.50. The fourth-order valence-corrected chi connectivity index (χ4v) is 3.73. The summed E-state index contributed by atoms with van der Waals surface area (Å²) in [4.78, 5) is 19.8. The van der Waals surface area contributed by atoms with Gasteiger partial charge in [0, 0.05) is 12.2 Å². The van der Waals surface area contributed by atoms with Crippen LogP contribution in [0.1, 0.15) is 91.9 Å². The average molecular weight is 321 g/mol. The topological polar surface area (TPSA) is 58.9 Å². The molecule has 0 saturated carbocycles. The largest absolute Gasteiger partial charge is 0.674 e. The van der Waals surface area contributed by atoms with Gasteiger partial charge in [-0.1, -0.05) is 65.2 Å². The zero-order chi connectivity index (χ0) is 16.1. The van der Waals surface area contributed by atoms with Gasteiger partial charge in [0.25, 0.3) is 0 Å². The second-order valence-corrected chi connectivity index (χ2v) is 7.67. The summed E-state index contributed by atoms with van der Waals surface area (Å²) < 4.78 is 10.7. The third-order valence-corrected chi connectivity index (χ3v) is 5.06. The van der Waals surface area contributed by atoms with E-state index in [4.69, 9.17) is 8.85 Å². The Hall–Kier alpha value is 0.0569. The first-order valence-electron chi connectivity index (χ1n) is 8.71. The van der Waals surface area contributed by atoms with E-state index in [1.54, 1.807) is 0 Å². The summed E-state index contributed by atoms with van der Waals surface area (Å²) in [5, 5.41) is 0. The Balaban J connectivity index is 3.83. The second-order valence-electron chi connectivity index (χ2n) is 6.10. The summed E-state index contributed by atoms with van der Waals surface area (Å²) in [5.74, 6) is 0. The van der Waals surface area contributed by atoms with Gasteiger partial charge in [0.2, 0.25) is 0 Å². The van der Waals surface area contributed by atoms with Crippen molar-refractivity contribution >= 4 is 9.05 Å². The Morgan fingerprint density at radius 1 is 0.714 bits per heavy atom. The molecule has 0 fully saturated rings. The summed E-state index contributed by atoms with van der Waals surface area (Å²) in [7, 11) is -3.97. The van der Waals surface area contributed by atoms with Gasteiger partial charge in [0.1, 0.15) is 0 Å². The van der Waals surface area contributed by atoms with Crippen LogP contribution in [0.15, 0.2) is 0 Å². The van der Waals surface area contributed by atoms with Crippen LogP contribution >= 0.6 is 0 Å². The van der Waals surface area contributed by atoms with Gasteiger partial charge in [-0.15, -0.1) is 0 Å². The van der Waals surface area contributed by atoms with E-state index in [-0.39, 0.29) is 12.2 Å². The molecule has 2 atom stereocenters. The number of hydrogen-bond acceptors (Lipinski definition) is 4. The summed E-state index contributed by atoms with van der Waals surface area (Å²) in [5.41, 5.74) is 0. The van der Waals surface area contributed by atoms with Gasteiger partial charge in [-0.25, -0.2) is 0 Å². The van der Waals surface area contributed by atoms with Gasteiger partial charge in [0.05, 0.1) is 0 Å². The van der Waals surface area contributed by atoms with Crippen LogP contribution in [-0.2, 0) is 8.85 Å². The van der Waals surface area contributed by atoms with E-state index < -0.39 is 9.05 Å². The molecular formula is C16H36O4Si. The minimum Gasteiger partial charge on any atom is -0.367 e. The molecule has 128 valence electrons. The van der Waals surface area contributed by atoms with Crippen LogP contribution in [0.2, 0.25) is 0 Å². The summed E-state index contributed by atoms with van der Waals surface area (Å²) in [6.07, 6.45) is 10.7. The lowest BCUT2D eigenvalue weighted by atomic mass is 10.1. The average Bonchev–Trinajstić information content (AvgIpc) is 2.38. The molecule has 2 N–H and O–H groups in total. The zero-order valence-electron chi connectivity index (χ0n) is 14.4. The van der Waals surface area contributed by atoms with Crippen LogP contribution in [0.25, 0.3) is 0 Å². The maximum absolute atomic E-state index is 9.91. The molecule has 0 heterocycles. The molecule has 21 heavy (non-hydrogen) atoms. The number of unbranched alkanes of at least 4 members (excludes halogenated alkanes) is 6. The summed E-state index contributed by atoms with van der Waals surface area (Å²) in [6.45, 7) is 8.12. The van der Waals surface area contributed by atoms with E-state index in [1.165, 1.54) is 38.5 Å². The minimum atomic E-state index is -3.97. The quantitative estimate of drug-likeness (QED) is 0.373. The SMILES string of the molecule is CCCCCCC(C)O[Si](O)(O)OC(C)CCCCCC. The Kier molecular flexibility index (Phi) is 12.6. The number of rotatable bonds is 14. The van der Waals surface area contributed by atoms with Crippen molar-refractivity contribution in [2.45, 2.75) is 104 Å². The molecule has 4 nitrogen and oxygen atoms in total. The highest BCUT2D eigenvalue weighted by Crippen LogP contribution is 2.15. The van der Waals surface area contributed by atoms with Crippen LogP contribution < -0.4 is 0 Å². The van der Waals surface area contributed by atoms with E-state index in [0.717, 1.165) is 25.7 Å². The molecule has 0 aliphatic rings. The lowest BCUT2D eigenvalue weighted by Gasteiger charge is -2.25. The van der Waals surface area contributed by atoms with Gasteiger partial charge in [-0.05, 0) is 26.7 Å². The first kappa shape index (κ1) is 21.1. The molecule has 0 rings (SSSR count). The highest BCUT2D eigenvalue weighted by Gasteiger charge is 2.39. The molecule has 0 aliphatic heterocycles. The summed E-state index contributed by atoms with van der Waals surface area (Å²) >= 11 is 0. The van der Waals surface area contributed by atoms with Gasteiger partial charge in [-0.3, -0.25) is 0 Å². The fourth-order valence-electron chi connectivity index (χ4n) is 2.39. The molecule has 2 unspecified atom stereocenters. The fraction of sp³-hybridized carbons (Fsp3) is 1.00. The monoisotopic (exact) mass is 320 g/mol. The number of hydrogen-bond donors (Lipinski definition) is 2. The zero-order valence-corrected chi connectivity index (χ0v) is 15.4. The van der Waals surface area contributed by atoms with Crippen molar-refractivity contribution in [3.05, 3.63) is 0 Å². The second kappa shape index (κ2) is 12.6. The molecule has 0 aromatic rings. The lowest BCUT2D eigenvalue weighted by Crippen LogP contribution is -2.47. The van der Waals surface area contributed by atoms with Crippen molar-refractivity contribution in [1.29, 1.82) is 0 Å². The van der Waals surface area contributed by atoms with E-state index in [0.29, 0.717) is 0 Å². The van der Waals surface area contributed by atoms with E-state index >= 15 is 0 Å². The van der Waals surface area contributed by atoms with Crippen LogP contribution in [0.5, 0.6) is 0 Å². The van der Waals surface area contributed by atoms with Crippen molar-refractivity contribution < 1.29 is 18.4 Å². The van der Waals surface area contributed by atoms with Crippen molar-refractivity contribution in [3.63, 3.8) is 0 Å². The van der Waals surface area contributed by atoms with E-state index in [9.17, 15) is 9.59 Å². The maximum atomic E-state index is 9.91. The van der Waals surface area contributed by atoms with Crippen LogP contribution in [0.4, 0.5) is 0 Å². The van der Waals surface area contributed by atoms with Gasteiger partial charge < -0.3 is 18.4 Å². The first-order valence-corrected chi connectivity index (χ1v) is 10.4. The van der Waals surface area contributed by atoms with Gasteiger partial charge in [-0.2, -0.15) is 0 Å². The van der Waals surface area contributed by atoms with Gasteiger partial charge in [0.15, 0.2) is 0 Å². The molecule has 0 aliphatic carbocycles. The van der Waals surface area contributed by atoms with Crippen LogP contribution in [0.3, 0.4) is 0 Å². The minimum absolute atomic E-state index is 0.157. The standard InChI is InChI=1S/C16H36O4Si/c1-5-7-9-11-13-15(3)19-21(17,18)20-16(4)14-12-10-8-6-2/h15-18H,5-14H2,1-4H3.